The van der Waals surface area contributed by atoms with Crippen LogP contribution in [0.25, 0.3) is 0 Å². The smallest absolute Gasteiger partial charge is 0.406 e. The molecule has 2 amide bonds. The normalized spacial score (nSPS) is 15.0. The van der Waals surface area contributed by atoms with Gasteiger partial charge in [-0.1, -0.05) is 67.6 Å². The summed E-state index contributed by atoms with van der Waals surface area (Å²) in [6, 6.07) is 18.8. The number of carbonyl (C=O) groups is 2. The molecule has 1 aliphatic heterocycles. The molecular weight excluding hydrogens is 605 g/mol. The van der Waals surface area contributed by atoms with Gasteiger partial charge in [0.15, 0.2) is 5.17 Å². The zero-order valence-electron chi connectivity index (χ0n) is 25.3. The number of alkyl halides is 3. The number of anilines is 2. The van der Waals surface area contributed by atoms with E-state index >= 15 is 0 Å². The van der Waals surface area contributed by atoms with Crippen molar-refractivity contribution in [2.75, 3.05) is 29.3 Å². The minimum Gasteiger partial charge on any atom is -0.406 e. The van der Waals surface area contributed by atoms with E-state index in [4.69, 9.17) is 0 Å². The number of amides is 2. The minimum absolute atomic E-state index is 0.173. The predicted octanol–water partition coefficient (Wildman–Crippen LogP) is 6.75. The van der Waals surface area contributed by atoms with Gasteiger partial charge in [-0.15, -0.1) is 13.2 Å². The molecule has 0 fully saturated rings. The van der Waals surface area contributed by atoms with Gasteiger partial charge in [-0.2, -0.15) is 10.4 Å². The number of hydrogen-bond donors (Lipinski definition) is 2. The number of carbonyl (C=O) groups excluding carboxylic acids is 2. The summed E-state index contributed by atoms with van der Waals surface area (Å²) in [4.78, 5) is 34.4. The number of benzene rings is 3. The number of hydrogen-bond acceptors (Lipinski definition) is 7. The van der Waals surface area contributed by atoms with Gasteiger partial charge in [-0.3, -0.25) is 5.01 Å². The highest BCUT2D eigenvalue weighted by Gasteiger charge is 2.31. The number of nitrogens with one attached hydrogen (secondary N) is 2. The van der Waals surface area contributed by atoms with E-state index in [2.05, 4.69) is 45.4 Å². The zero-order chi connectivity index (χ0) is 32.6. The maximum absolute atomic E-state index is 12.8. The Kier molecular flexibility index (Phi) is 11.2. The van der Waals surface area contributed by atoms with Crippen molar-refractivity contribution in [3.63, 3.8) is 0 Å². The quantitative estimate of drug-likeness (QED) is 0.144. The molecule has 0 aliphatic carbocycles. The monoisotopic (exact) mass is 640 g/mol. The van der Waals surface area contributed by atoms with Gasteiger partial charge in [0, 0.05) is 19.3 Å². The maximum atomic E-state index is 12.8. The number of thioether (sulfide) groups is 1. The molecule has 0 saturated heterocycles. The largest absolute Gasteiger partial charge is 0.573 e. The van der Waals surface area contributed by atoms with Crippen LogP contribution in [0, 0.1) is 6.92 Å². The van der Waals surface area contributed by atoms with E-state index in [1.807, 2.05) is 55.3 Å². The average molecular weight is 641 g/mol. The second kappa shape index (κ2) is 15.1. The fraction of sp³-hybridized carbons (Fsp3) is 0.312. The van der Waals surface area contributed by atoms with E-state index in [9.17, 15) is 22.8 Å². The van der Waals surface area contributed by atoms with E-state index in [1.54, 1.807) is 11.3 Å². The molecule has 3 aromatic rings. The molecule has 45 heavy (non-hydrogen) atoms. The Labute approximate surface area is 264 Å². The molecule has 1 unspecified atom stereocenters. The topological polar surface area (TPSA) is 98.6 Å². The zero-order valence-corrected chi connectivity index (χ0v) is 26.2. The number of urea groups is 1. The first-order valence-electron chi connectivity index (χ1n) is 14.2. The second-order valence-electron chi connectivity index (χ2n) is 10.6. The van der Waals surface area contributed by atoms with Crippen LogP contribution in [-0.4, -0.2) is 49.5 Å². The summed E-state index contributed by atoms with van der Waals surface area (Å²) in [7, 11) is 1.84. The van der Waals surface area contributed by atoms with Crippen molar-refractivity contribution in [2.45, 2.75) is 45.6 Å². The summed E-state index contributed by atoms with van der Waals surface area (Å²) in [5, 5.41) is 4.88. The van der Waals surface area contributed by atoms with Crippen LogP contribution in [-0.2, 0) is 11.2 Å². The van der Waals surface area contributed by atoms with Gasteiger partial charge in [0.25, 0.3) is 0 Å². The number of ether oxygens (including phenoxy) is 1. The molecule has 3 aromatic carbocycles. The minimum atomic E-state index is -4.75. The Hall–Kier alpha value is -4.36. The standard InChI is InChI=1S/C32H35F3N6O3S/c1-21(2)27-19-22(3)5-14-28(27)40(4)31(45-18-17-42)38-30(43)36-16-15-23-6-8-24(9-7-23)29-37-20-41(39-29)25-10-12-26(13-11-25)44-32(33,34)35/h5-14,17,19-21,29,39H,15-16,18H2,1-4H3,(H,36,43)/b38-31-. The Morgan fingerprint density at radius 2 is 1.87 bits per heavy atom. The fourth-order valence-electron chi connectivity index (χ4n) is 4.61. The van der Waals surface area contributed by atoms with E-state index in [0.717, 1.165) is 34.2 Å². The first-order valence-corrected chi connectivity index (χ1v) is 15.2. The molecular formula is C32H35F3N6O3S. The number of hydrazine groups is 1. The van der Waals surface area contributed by atoms with Crippen LogP contribution in [0.4, 0.5) is 29.3 Å². The summed E-state index contributed by atoms with van der Waals surface area (Å²) in [6.07, 6.45) is -2.20. The van der Waals surface area contributed by atoms with Gasteiger partial charge in [-0.05, 0) is 66.3 Å². The van der Waals surface area contributed by atoms with Gasteiger partial charge in [0.2, 0.25) is 0 Å². The molecule has 4 rings (SSSR count). The lowest BCUT2D eigenvalue weighted by molar-refractivity contribution is -0.274. The number of nitrogens with zero attached hydrogens (tertiary/aromatic N) is 4. The Bertz CT molecular complexity index is 1530. The highest BCUT2D eigenvalue weighted by Crippen LogP contribution is 2.30. The Morgan fingerprint density at radius 3 is 2.51 bits per heavy atom. The van der Waals surface area contributed by atoms with Crippen LogP contribution < -0.4 is 25.4 Å². The molecule has 1 heterocycles. The van der Waals surface area contributed by atoms with Crippen LogP contribution >= 0.6 is 11.8 Å². The van der Waals surface area contributed by atoms with Crippen molar-refractivity contribution in [2.24, 2.45) is 9.98 Å². The lowest BCUT2D eigenvalue weighted by Gasteiger charge is -2.25. The first kappa shape index (κ1) is 33.5. The summed E-state index contributed by atoms with van der Waals surface area (Å²) in [5.74, 6) is 0.133. The number of halogens is 3. The molecule has 0 radical (unpaired) electrons. The summed E-state index contributed by atoms with van der Waals surface area (Å²) in [6.45, 7) is 6.61. The summed E-state index contributed by atoms with van der Waals surface area (Å²) < 4.78 is 41.2. The molecule has 238 valence electrons. The van der Waals surface area contributed by atoms with Crippen molar-refractivity contribution >= 4 is 47.0 Å². The second-order valence-corrected chi connectivity index (χ2v) is 11.6. The summed E-state index contributed by atoms with van der Waals surface area (Å²) >= 11 is 1.20. The molecule has 0 spiro atoms. The van der Waals surface area contributed by atoms with Crippen LogP contribution in [0.5, 0.6) is 5.75 Å². The number of aryl methyl sites for hydroxylation is 1. The third kappa shape index (κ3) is 9.56. The van der Waals surface area contributed by atoms with Crippen molar-refractivity contribution in [3.8, 4) is 5.75 Å². The van der Waals surface area contributed by atoms with E-state index in [1.165, 1.54) is 36.0 Å². The molecule has 9 nitrogen and oxygen atoms in total. The number of amidine groups is 1. The third-order valence-corrected chi connectivity index (χ3v) is 7.78. The van der Waals surface area contributed by atoms with Crippen LogP contribution in [0.3, 0.4) is 0 Å². The third-order valence-electron chi connectivity index (χ3n) is 6.86. The lowest BCUT2D eigenvalue weighted by Crippen LogP contribution is -2.33. The predicted molar refractivity (Wildman–Crippen MR) is 173 cm³/mol. The highest BCUT2D eigenvalue weighted by molar-refractivity contribution is 8.14. The number of aliphatic imine (C=N–C) groups is 2. The van der Waals surface area contributed by atoms with Crippen LogP contribution in [0.2, 0.25) is 0 Å². The van der Waals surface area contributed by atoms with E-state index in [0.29, 0.717) is 23.8 Å². The molecule has 0 saturated carbocycles. The number of aldehydes is 1. The van der Waals surface area contributed by atoms with Crippen LogP contribution in [0.1, 0.15) is 48.2 Å². The lowest BCUT2D eigenvalue weighted by atomic mass is 9.98. The first-order chi connectivity index (χ1) is 21.4. The Morgan fingerprint density at radius 1 is 1.16 bits per heavy atom. The van der Waals surface area contributed by atoms with Gasteiger partial charge in [-0.25, -0.2) is 9.79 Å². The molecule has 1 aliphatic rings. The Balaban J connectivity index is 1.31. The highest BCUT2D eigenvalue weighted by atomic mass is 32.2. The van der Waals surface area contributed by atoms with Crippen molar-refractivity contribution in [1.29, 1.82) is 0 Å². The van der Waals surface area contributed by atoms with Crippen molar-refractivity contribution in [1.82, 2.24) is 10.7 Å². The molecule has 13 heteroatoms. The van der Waals surface area contributed by atoms with Gasteiger partial charge < -0.3 is 19.7 Å². The SMILES string of the molecule is Cc1ccc(N(C)/C(=N/C(=O)NCCc2ccc(C3N=CN(c4ccc(OC(F)(F)F)cc4)N3)cc2)SCC=O)c(C(C)C)c1. The maximum Gasteiger partial charge on any atom is 0.573 e. The van der Waals surface area contributed by atoms with Crippen molar-refractivity contribution in [3.05, 3.63) is 89.0 Å². The van der Waals surface area contributed by atoms with E-state index < -0.39 is 12.4 Å². The average Bonchev–Trinajstić information content (AvgIpc) is 3.49. The van der Waals surface area contributed by atoms with Gasteiger partial charge >= 0.3 is 12.4 Å². The fourth-order valence-corrected chi connectivity index (χ4v) is 5.26. The number of rotatable bonds is 10. The molecule has 0 bridgehead atoms. The van der Waals surface area contributed by atoms with Crippen LogP contribution in [0.15, 0.2) is 76.7 Å². The summed E-state index contributed by atoms with van der Waals surface area (Å²) in [5.41, 5.74) is 8.86. The van der Waals surface area contributed by atoms with Gasteiger partial charge in [0.1, 0.15) is 24.5 Å². The molecule has 1 atom stereocenters. The van der Waals surface area contributed by atoms with Gasteiger partial charge in [0.05, 0.1) is 11.4 Å². The molecule has 2 N–H and O–H groups in total. The van der Waals surface area contributed by atoms with E-state index in [-0.39, 0.29) is 23.6 Å². The molecule has 0 aromatic heterocycles. The van der Waals surface area contributed by atoms with Crippen molar-refractivity contribution < 1.29 is 27.5 Å².